The van der Waals surface area contributed by atoms with Crippen LogP contribution in [0.25, 0.3) is 0 Å². The third kappa shape index (κ3) is 70.5. The number of esters is 2. The fourth-order valence-electron chi connectivity index (χ4n) is 9.66. The van der Waals surface area contributed by atoms with E-state index in [9.17, 15) is 19.5 Å². The van der Waals surface area contributed by atoms with Crippen LogP contribution in [0.2, 0.25) is 0 Å². The van der Waals surface area contributed by atoms with Crippen molar-refractivity contribution in [1.82, 2.24) is 0 Å². The van der Waals surface area contributed by atoms with Crippen molar-refractivity contribution in [3.8, 4) is 0 Å². The van der Waals surface area contributed by atoms with Gasteiger partial charge in [-0.05, 0) is 116 Å². The van der Waals surface area contributed by atoms with Gasteiger partial charge in [0.25, 0.3) is 0 Å². The first-order valence-corrected chi connectivity index (χ1v) is 36.0. The molecule has 0 aromatic heterocycles. The van der Waals surface area contributed by atoms with Gasteiger partial charge in [-0.15, -0.1) is 0 Å². The third-order valence-corrected chi connectivity index (χ3v) is 15.1. The SMILES string of the molecule is CC/C=C\C/C=C\C/C=C\C/C=C\C/C=C\C/C=C\C/C=C\C/C=C\CCCCCCC(=O)OC(COC(=O)CCCCCCCCCCCCCCCCCCCCCCCC/C=C\C/C=C\C/C=C\C/C=C\CC)COC(OCC[N+](C)(C)C)C(=O)[O-]. The minimum Gasteiger partial charge on any atom is -0.545 e. The van der Waals surface area contributed by atoms with Gasteiger partial charge in [0, 0.05) is 12.8 Å². The molecule has 9 nitrogen and oxygen atoms in total. The second-order valence-electron chi connectivity index (χ2n) is 24.8. The lowest BCUT2D eigenvalue weighted by atomic mass is 10.0. The van der Waals surface area contributed by atoms with E-state index in [-0.39, 0.29) is 38.6 Å². The predicted molar refractivity (Wildman–Crippen MR) is 379 cm³/mol. The molecule has 0 aliphatic carbocycles. The van der Waals surface area contributed by atoms with Gasteiger partial charge in [0.1, 0.15) is 13.2 Å². The topological polar surface area (TPSA) is 111 Å². The van der Waals surface area contributed by atoms with Gasteiger partial charge in [0.2, 0.25) is 0 Å². The van der Waals surface area contributed by atoms with E-state index in [1.807, 2.05) is 21.1 Å². The van der Waals surface area contributed by atoms with Crippen LogP contribution in [0.3, 0.4) is 0 Å². The summed E-state index contributed by atoms with van der Waals surface area (Å²) < 4.78 is 22.8. The minimum atomic E-state index is -1.64. The molecule has 2 atom stereocenters. The lowest BCUT2D eigenvalue weighted by Crippen LogP contribution is -2.44. The quantitative estimate of drug-likeness (QED) is 0.0195. The molecule has 0 bridgehead atoms. The Morgan fingerprint density at radius 1 is 0.337 bits per heavy atom. The standard InChI is InChI=1S/C80H133NO8/c1-6-8-10-12-14-16-18-20-22-24-26-28-30-32-34-36-37-38-39-40-41-43-44-46-48-50-52-54-56-58-60-62-64-66-68-70-77(82)87-74-76(75-88-80(79(84)85)86-73-72-81(3,4)5)89-78(83)71-69-67-65-63-61-59-57-55-53-51-49-47-45-42-35-33-31-29-27-25-23-21-19-17-15-13-11-9-7-2/h8-11,14-17,20-23,26-29,33,35,45,47,51,53,57,59,76,80H,6-7,12-13,18-19,24-25,30-32,34,36-44,46,48-50,52,54-56,58,60-75H2,1-5H3/b10-8-,11-9-,16-14-,17-15-,22-20-,23-21-,28-26-,29-27-,35-33-,47-45-,53-51-,59-57-. The van der Waals surface area contributed by atoms with E-state index in [4.69, 9.17) is 18.9 Å². The van der Waals surface area contributed by atoms with Gasteiger partial charge in [0.15, 0.2) is 12.4 Å². The number of nitrogens with zero attached hydrogens (tertiary/aromatic N) is 1. The fourth-order valence-corrected chi connectivity index (χ4v) is 9.66. The summed E-state index contributed by atoms with van der Waals surface area (Å²) >= 11 is 0. The molecular formula is C80H133NO8. The van der Waals surface area contributed by atoms with Crippen LogP contribution in [0.4, 0.5) is 0 Å². The van der Waals surface area contributed by atoms with Crippen molar-refractivity contribution in [3.63, 3.8) is 0 Å². The van der Waals surface area contributed by atoms with Crippen LogP contribution in [0.5, 0.6) is 0 Å². The number of carbonyl (C=O) groups is 3. The molecule has 0 rings (SSSR count). The van der Waals surface area contributed by atoms with Crippen LogP contribution in [-0.2, 0) is 33.3 Å². The maximum Gasteiger partial charge on any atom is 0.306 e. The number of rotatable bonds is 65. The van der Waals surface area contributed by atoms with Gasteiger partial charge < -0.3 is 33.3 Å². The average molecular weight is 1240 g/mol. The Balaban J connectivity index is 4.14. The van der Waals surface area contributed by atoms with Gasteiger partial charge >= 0.3 is 11.9 Å². The molecule has 0 saturated carbocycles. The molecule has 0 aromatic carbocycles. The highest BCUT2D eigenvalue weighted by atomic mass is 16.7. The van der Waals surface area contributed by atoms with E-state index in [1.165, 1.54) is 128 Å². The van der Waals surface area contributed by atoms with Crippen molar-refractivity contribution in [1.29, 1.82) is 0 Å². The molecule has 0 aliphatic heterocycles. The van der Waals surface area contributed by atoms with E-state index in [0.29, 0.717) is 17.4 Å². The summed E-state index contributed by atoms with van der Waals surface area (Å²) in [5, 5.41) is 11.8. The highest BCUT2D eigenvalue weighted by Crippen LogP contribution is 2.17. The van der Waals surface area contributed by atoms with Crippen LogP contribution in [0, 0.1) is 0 Å². The minimum absolute atomic E-state index is 0.136. The molecule has 2 unspecified atom stereocenters. The second-order valence-corrected chi connectivity index (χ2v) is 24.8. The van der Waals surface area contributed by atoms with Gasteiger partial charge in [-0.25, -0.2) is 0 Å². The zero-order chi connectivity index (χ0) is 64.7. The molecule has 0 aromatic rings. The molecule has 506 valence electrons. The van der Waals surface area contributed by atoms with Crippen molar-refractivity contribution in [2.24, 2.45) is 0 Å². The highest BCUT2D eigenvalue weighted by molar-refractivity contribution is 5.70. The Labute approximate surface area is 547 Å². The summed E-state index contributed by atoms with van der Waals surface area (Å²) in [7, 11) is 5.92. The molecular weight excluding hydrogens is 1100 g/mol. The molecule has 0 aliphatic rings. The Morgan fingerprint density at radius 3 is 0.899 bits per heavy atom. The summed E-state index contributed by atoms with van der Waals surface area (Å²) in [4.78, 5) is 37.5. The molecule has 0 fully saturated rings. The van der Waals surface area contributed by atoms with Crippen molar-refractivity contribution in [3.05, 3.63) is 146 Å². The maximum atomic E-state index is 12.9. The summed E-state index contributed by atoms with van der Waals surface area (Å²) in [6.45, 7) is 4.50. The van der Waals surface area contributed by atoms with Crippen molar-refractivity contribution >= 4 is 17.9 Å². The number of ether oxygens (including phenoxy) is 4. The number of carbonyl (C=O) groups excluding carboxylic acids is 3. The summed E-state index contributed by atoms with van der Waals surface area (Å²) in [6, 6.07) is 0. The van der Waals surface area contributed by atoms with E-state index >= 15 is 0 Å². The largest absolute Gasteiger partial charge is 0.545 e. The number of hydrogen-bond acceptors (Lipinski definition) is 8. The van der Waals surface area contributed by atoms with Crippen LogP contribution < -0.4 is 5.11 Å². The number of carboxylic acids is 1. The van der Waals surface area contributed by atoms with Gasteiger partial charge in [-0.2, -0.15) is 0 Å². The number of quaternary nitrogens is 1. The van der Waals surface area contributed by atoms with Gasteiger partial charge in [0.05, 0.1) is 40.3 Å². The number of likely N-dealkylation sites (N-methyl/N-ethyl adjacent to an activating group) is 1. The molecule has 89 heavy (non-hydrogen) atoms. The molecule has 0 amide bonds. The number of aliphatic carboxylic acids is 1. The normalized spacial score (nSPS) is 13.6. The molecule has 0 spiro atoms. The zero-order valence-electron chi connectivity index (χ0n) is 57.8. The summed E-state index contributed by atoms with van der Waals surface area (Å²) in [5.41, 5.74) is 0. The average Bonchev–Trinajstić information content (AvgIpc) is 3.71. The van der Waals surface area contributed by atoms with Crippen molar-refractivity contribution in [2.75, 3.05) is 47.5 Å². The first-order valence-electron chi connectivity index (χ1n) is 36.0. The lowest BCUT2D eigenvalue weighted by Gasteiger charge is -2.26. The van der Waals surface area contributed by atoms with Crippen LogP contribution in [-0.4, -0.2) is 82.3 Å². The summed E-state index contributed by atoms with van der Waals surface area (Å²) in [6.07, 6.45) is 98.0. The van der Waals surface area contributed by atoms with Crippen molar-refractivity contribution in [2.45, 2.75) is 296 Å². The summed E-state index contributed by atoms with van der Waals surface area (Å²) in [5.74, 6) is -2.32. The number of unbranched alkanes of at least 4 members (excludes halogenated alkanes) is 26. The smallest absolute Gasteiger partial charge is 0.306 e. The molecule has 0 saturated heterocycles. The van der Waals surface area contributed by atoms with Gasteiger partial charge in [-0.3, -0.25) is 9.59 Å². The van der Waals surface area contributed by atoms with E-state index in [1.54, 1.807) is 0 Å². The first kappa shape index (κ1) is 84.2. The second kappa shape index (κ2) is 69.1. The molecule has 0 heterocycles. The predicted octanol–water partition coefficient (Wildman–Crippen LogP) is 21.4. The molecule has 9 heteroatoms. The van der Waals surface area contributed by atoms with Gasteiger partial charge in [-0.1, -0.05) is 301 Å². The maximum absolute atomic E-state index is 12.9. The zero-order valence-corrected chi connectivity index (χ0v) is 57.8. The third-order valence-electron chi connectivity index (χ3n) is 15.1. The Morgan fingerprint density at radius 2 is 0.607 bits per heavy atom. The van der Waals surface area contributed by atoms with Crippen LogP contribution >= 0.6 is 0 Å². The van der Waals surface area contributed by atoms with Crippen LogP contribution in [0.15, 0.2) is 146 Å². The number of carboxylic acid groups (broad SMARTS) is 1. The van der Waals surface area contributed by atoms with Crippen molar-refractivity contribution < 1.29 is 42.9 Å². The lowest BCUT2D eigenvalue weighted by molar-refractivity contribution is -0.870. The first-order chi connectivity index (χ1) is 43.6. The molecule has 0 N–H and O–H groups in total. The monoisotopic (exact) mass is 1240 g/mol. The Bertz CT molecular complexity index is 1970. The number of allylic oxidation sites excluding steroid dienone is 24. The van der Waals surface area contributed by atoms with E-state index < -0.39 is 24.3 Å². The highest BCUT2D eigenvalue weighted by Gasteiger charge is 2.22. The van der Waals surface area contributed by atoms with E-state index in [2.05, 4.69) is 160 Å². The number of hydrogen-bond donors (Lipinski definition) is 0. The Hall–Kier alpha value is -4.83. The molecule has 0 radical (unpaired) electrons. The van der Waals surface area contributed by atoms with E-state index in [0.717, 1.165) is 122 Å². The fraction of sp³-hybridized carbons (Fsp3) is 0.662. The van der Waals surface area contributed by atoms with Crippen LogP contribution in [0.1, 0.15) is 284 Å². The Kier molecular flexibility index (Phi) is 65.3.